The molecule has 0 aliphatic heterocycles. The smallest absolute Gasteiger partial charge is 0.171 e. The topological polar surface area (TPSA) is 71.8 Å². The van der Waals surface area contributed by atoms with E-state index in [0.29, 0.717) is 16.9 Å². The molecule has 0 fully saturated rings. The van der Waals surface area contributed by atoms with E-state index in [9.17, 15) is 9.18 Å². The SMILES string of the molecule is O=C(Cc1cccnc1)c1cc(/C=N\O)ccc1OCc1ccc(F)cc1. The number of aromatic nitrogens is 1. The molecule has 0 saturated heterocycles. The predicted molar refractivity (Wildman–Crippen MR) is 98.8 cm³/mol. The standard InChI is InChI=1S/C21H17FN2O3/c22-18-6-3-15(4-7-18)14-27-21-8-5-17(13-24-26)10-19(21)20(25)11-16-2-1-9-23-12-16/h1-10,12-13,26H,11,14H2/b24-13-. The molecule has 5 nitrogen and oxygen atoms in total. The Morgan fingerprint density at radius 3 is 2.67 bits per heavy atom. The Labute approximate surface area is 155 Å². The van der Waals surface area contributed by atoms with Crippen LogP contribution in [0.25, 0.3) is 0 Å². The van der Waals surface area contributed by atoms with Crippen LogP contribution >= 0.6 is 0 Å². The van der Waals surface area contributed by atoms with Gasteiger partial charge in [-0.1, -0.05) is 23.4 Å². The zero-order valence-corrected chi connectivity index (χ0v) is 14.4. The second kappa shape index (κ2) is 8.71. The number of oxime groups is 1. The molecule has 0 spiro atoms. The number of pyridine rings is 1. The quantitative estimate of drug-likeness (QED) is 0.297. The van der Waals surface area contributed by atoms with E-state index in [1.54, 1.807) is 48.8 Å². The number of Topliss-reactive ketones (excluding diaryl/α,β-unsaturated/α-hetero) is 1. The zero-order valence-electron chi connectivity index (χ0n) is 14.4. The molecule has 1 heterocycles. The molecule has 0 saturated carbocycles. The van der Waals surface area contributed by atoms with Gasteiger partial charge in [0.2, 0.25) is 0 Å². The number of carbonyl (C=O) groups is 1. The van der Waals surface area contributed by atoms with E-state index in [1.165, 1.54) is 18.3 Å². The van der Waals surface area contributed by atoms with Gasteiger partial charge in [-0.25, -0.2) is 4.39 Å². The summed E-state index contributed by atoms with van der Waals surface area (Å²) in [5.74, 6) is -0.0627. The fourth-order valence-corrected chi connectivity index (χ4v) is 2.56. The molecule has 0 unspecified atom stereocenters. The summed E-state index contributed by atoms with van der Waals surface area (Å²) >= 11 is 0. The Morgan fingerprint density at radius 2 is 1.96 bits per heavy atom. The van der Waals surface area contributed by atoms with Crippen LogP contribution in [0.4, 0.5) is 4.39 Å². The van der Waals surface area contributed by atoms with Crippen LogP contribution < -0.4 is 4.74 Å². The zero-order chi connectivity index (χ0) is 19.1. The van der Waals surface area contributed by atoms with Crippen molar-refractivity contribution in [3.8, 4) is 5.75 Å². The van der Waals surface area contributed by atoms with Gasteiger partial charge < -0.3 is 9.94 Å². The minimum absolute atomic E-state index is 0.148. The van der Waals surface area contributed by atoms with Gasteiger partial charge >= 0.3 is 0 Å². The summed E-state index contributed by atoms with van der Waals surface area (Å²) in [5, 5.41) is 11.7. The van der Waals surface area contributed by atoms with Crippen molar-refractivity contribution < 1.29 is 19.1 Å². The third-order valence-electron chi connectivity index (χ3n) is 3.91. The summed E-state index contributed by atoms with van der Waals surface area (Å²) < 4.78 is 18.8. The van der Waals surface area contributed by atoms with Crippen LogP contribution in [-0.2, 0) is 13.0 Å². The third kappa shape index (κ3) is 4.98. The molecule has 2 aromatic carbocycles. The highest BCUT2D eigenvalue weighted by Crippen LogP contribution is 2.23. The highest BCUT2D eigenvalue weighted by molar-refractivity contribution is 6.01. The van der Waals surface area contributed by atoms with Gasteiger partial charge in [0.25, 0.3) is 0 Å². The highest BCUT2D eigenvalue weighted by atomic mass is 19.1. The maximum atomic E-state index is 13.0. The van der Waals surface area contributed by atoms with Gasteiger partial charge in [0.05, 0.1) is 11.8 Å². The van der Waals surface area contributed by atoms with Crippen LogP contribution in [0.1, 0.15) is 27.0 Å². The van der Waals surface area contributed by atoms with Crippen LogP contribution in [0.3, 0.4) is 0 Å². The minimum Gasteiger partial charge on any atom is -0.488 e. The number of rotatable bonds is 7. The molecule has 0 aliphatic rings. The van der Waals surface area contributed by atoms with Crippen LogP contribution in [-0.4, -0.2) is 22.2 Å². The molecule has 0 radical (unpaired) electrons. The third-order valence-corrected chi connectivity index (χ3v) is 3.91. The average Bonchev–Trinajstić information content (AvgIpc) is 2.69. The monoisotopic (exact) mass is 364 g/mol. The Kier molecular flexibility index (Phi) is 5.89. The van der Waals surface area contributed by atoms with Crippen molar-refractivity contribution in [2.24, 2.45) is 5.16 Å². The van der Waals surface area contributed by atoms with Crippen LogP contribution in [0.15, 0.2) is 72.1 Å². The Bertz CT molecular complexity index is 941. The summed E-state index contributed by atoms with van der Waals surface area (Å²) in [6.07, 6.45) is 4.69. The Morgan fingerprint density at radius 1 is 1.15 bits per heavy atom. The van der Waals surface area contributed by atoms with Gasteiger partial charge in [-0.15, -0.1) is 0 Å². The second-order valence-electron chi connectivity index (χ2n) is 5.88. The van der Waals surface area contributed by atoms with E-state index in [0.717, 1.165) is 11.1 Å². The summed E-state index contributed by atoms with van der Waals surface area (Å²) in [4.78, 5) is 16.8. The summed E-state index contributed by atoms with van der Waals surface area (Å²) in [7, 11) is 0. The Hall–Kier alpha value is -3.54. The van der Waals surface area contributed by atoms with Crippen molar-refractivity contribution in [2.75, 3.05) is 0 Å². The first-order chi connectivity index (χ1) is 13.2. The number of carbonyl (C=O) groups excluding carboxylic acids is 1. The van der Waals surface area contributed by atoms with Crippen LogP contribution in [0, 0.1) is 5.82 Å². The average molecular weight is 364 g/mol. The van der Waals surface area contributed by atoms with E-state index in [1.807, 2.05) is 6.07 Å². The first kappa shape index (κ1) is 18.3. The first-order valence-corrected chi connectivity index (χ1v) is 8.26. The molecule has 0 bridgehead atoms. The van der Waals surface area contributed by atoms with Crippen molar-refractivity contribution >= 4 is 12.0 Å². The summed E-state index contributed by atoms with van der Waals surface area (Å²) in [6, 6.07) is 14.5. The van der Waals surface area contributed by atoms with Crippen LogP contribution in [0.5, 0.6) is 5.75 Å². The molecule has 1 N–H and O–H groups in total. The molecule has 0 atom stereocenters. The highest BCUT2D eigenvalue weighted by Gasteiger charge is 2.15. The largest absolute Gasteiger partial charge is 0.488 e. The molecule has 136 valence electrons. The van der Waals surface area contributed by atoms with E-state index in [-0.39, 0.29) is 24.6 Å². The van der Waals surface area contributed by atoms with Gasteiger partial charge in [0.15, 0.2) is 5.78 Å². The molecule has 6 heteroatoms. The number of nitrogens with zero attached hydrogens (tertiary/aromatic N) is 2. The molecule has 1 aromatic heterocycles. The lowest BCUT2D eigenvalue weighted by atomic mass is 10.0. The lowest BCUT2D eigenvalue weighted by Gasteiger charge is -2.12. The lowest BCUT2D eigenvalue weighted by Crippen LogP contribution is -2.08. The fraction of sp³-hybridized carbons (Fsp3) is 0.0952. The second-order valence-corrected chi connectivity index (χ2v) is 5.88. The van der Waals surface area contributed by atoms with Gasteiger partial charge in [-0.3, -0.25) is 9.78 Å². The minimum atomic E-state index is -0.321. The van der Waals surface area contributed by atoms with Gasteiger partial charge in [-0.05, 0) is 53.1 Å². The number of ketones is 1. The molecule has 27 heavy (non-hydrogen) atoms. The van der Waals surface area contributed by atoms with Crippen molar-refractivity contribution in [1.82, 2.24) is 4.98 Å². The van der Waals surface area contributed by atoms with E-state index in [4.69, 9.17) is 9.94 Å². The normalized spacial score (nSPS) is 10.9. The van der Waals surface area contributed by atoms with Crippen LogP contribution in [0.2, 0.25) is 0 Å². The van der Waals surface area contributed by atoms with Crippen molar-refractivity contribution in [3.05, 3.63) is 95.1 Å². The number of halogens is 1. The summed E-state index contributed by atoms with van der Waals surface area (Å²) in [5.41, 5.74) is 2.51. The Balaban J connectivity index is 1.83. The van der Waals surface area contributed by atoms with E-state index in [2.05, 4.69) is 10.1 Å². The molecule has 0 amide bonds. The van der Waals surface area contributed by atoms with E-state index < -0.39 is 0 Å². The molecule has 0 aliphatic carbocycles. The summed E-state index contributed by atoms with van der Waals surface area (Å²) in [6.45, 7) is 0.195. The maximum absolute atomic E-state index is 13.0. The molecular formula is C21H17FN2O3. The number of benzene rings is 2. The van der Waals surface area contributed by atoms with Crippen molar-refractivity contribution in [2.45, 2.75) is 13.0 Å². The van der Waals surface area contributed by atoms with Crippen molar-refractivity contribution in [3.63, 3.8) is 0 Å². The molecule has 3 aromatic rings. The maximum Gasteiger partial charge on any atom is 0.171 e. The van der Waals surface area contributed by atoms with E-state index >= 15 is 0 Å². The number of ether oxygens (including phenoxy) is 1. The van der Waals surface area contributed by atoms with Gasteiger partial charge in [-0.2, -0.15) is 0 Å². The van der Waals surface area contributed by atoms with Gasteiger partial charge in [0, 0.05) is 18.8 Å². The van der Waals surface area contributed by atoms with Gasteiger partial charge in [0.1, 0.15) is 18.2 Å². The first-order valence-electron chi connectivity index (χ1n) is 8.26. The fourth-order valence-electron chi connectivity index (χ4n) is 2.56. The van der Waals surface area contributed by atoms with Crippen molar-refractivity contribution in [1.29, 1.82) is 0 Å². The number of hydrogen-bond acceptors (Lipinski definition) is 5. The predicted octanol–water partition coefficient (Wildman–Crippen LogP) is 4.03. The molecule has 3 rings (SSSR count). The molecular weight excluding hydrogens is 347 g/mol. The number of hydrogen-bond donors (Lipinski definition) is 1. The lowest BCUT2D eigenvalue weighted by molar-refractivity contribution is 0.0988.